The molecule has 0 aliphatic rings. The van der Waals surface area contributed by atoms with Crippen LogP contribution in [0.25, 0.3) is 0 Å². The number of amides is 2. The van der Waals surface area contributed by atoms with Crippen LogP contribution >= 0.6 is 0 Å². The van der Waals surface area contributed by atoms with Gasteiger partial charge in [0.2, 0.25) is 0 Å². The molecule has 8 heteroatoms. The highest BCUT2D eigenvalue weighted by atomic mass is 16.6. The van der Waals surface area contributed by atoms with Gasteiger partial charge in [-0.3, -0.25) is 24.0 Å². The SMILES string of the molecule is CC(=O)C(C)=O.CC(=O)OC(C)(C(N)=O)C(N)=O. The number of ketones is 2. The van der Waals surface area contributed by atoms with Crippen molar-refractivity contribution in [2.75, 3.05) is 0 Å². The molecule has 4 N–H and O–H groups in total. The molecule has 0 heterocycles. The van der Waals surface area contributed by atoms with Crippen molar-refractivity contribution < 1.29 is 28.7 Å². The van der Waals surface area contributed by atoms with Crippen LogP contribution in [0.1, 0.15) is 27.7 Å². The number of nitrogens with two attached hydrogens (primary N) is 2. The minimum Gasteiger partial charge on any atom is -0.439 e. The average Bonchev–Trinajstić information content (AvgIpc) is 2.16. The van der Waals surface area contributed by atoms with Gasteiger partial charge in [-0.25, -0.2) is 0 Å². The van der Waals surface area contributed by atoms with Gasteiger partial charge in [0.05, 0.1) is 0 Å². The fourth-order valence-electron chi connectivity index (χ4n) is 0.509. The molecule has 0 bridgehead atoms. The first-order chi connectivity index (χ1) is 7.95. The summed E-state index contributed by atoms with van der Waals surface area (Å²) in [5.74, 6) is -3.74. The van der Waals surface area contributed by atoms with Gasteiger partial charge in [-0.15, -0.1) is 0 Å². The lowest BCUT2D eigenvalue weighted by molar-refractivity contribution is -0.169. The van der Waals surface area contributed by atoms with Crippen LogP contribution in [0, 0.1) is 0 Å². The number of esters is 1. The van der Waals surface area contributed by atoms with Gasteiger partial charge in [0.25, 0.3) is 17.4 Å². The van der Waals surface area contributed by atoms with Crippen LogP contribution in [-0.4, -0.2) is 35.0 Å². The zero-order chi connectivity index (χ0) is 15.1. The van der Waals surface area contributed by atoms with Gasteiger partial charge < -0.3 is 16.2 Å². The van der Waals surface area contributed by atoms with Crippen molar-refractivity contribution in [1.82, 2.24) is 0 Å². The lowest BCUT2D eigenvalue weighted by Crippen LogP contribution is -2.54. The first kappa shape index (κ1) is 18.1. The molecule has 0 rings (SSSR count). The van der Waals surface area contributed by atoms with E-state index in [0.717, 1.165) is 13.8 Å². The summed E-state index contributed by atoms with van der Waals surface area (Å²) in [5, 5.41) is 0. The summed E-state index contributed by atoms with van der Waals surface area (Å²) in [5.41, 5.74) is 7.56. The molecule has 0 aliphatic heterocycles. The first-order valence-corrected chi connectivity index (χ1v) is 4.76. The van der Waals surface area contributed by atoms with Crippen molar-refractivity contribution in [3.8, 4) is 0 Å². The zero-order valence-corrected chi connectivity index (χ0v) is 10.6. The van der Waals surface area contributed by atoms with Crippen LogP contribution in [0.4, 0.5) is 0 Å². The summed E-state index contributed by atoms with van der Waals surface area (Å²) in [6, 6.07) is 0. The van der Waals surface area contributed by atoms with Crippen LogP contribution in [0.3, 0.4) is 0 Å². The molecule has 0 aliphatic carbocycles. The Bertz CT molecular complexity index is 362. The Morgan fingerprint density at radius 3 is 1.17 bits per heavy atom. The molecule has 0 radical (unpaired) electrons. The van der Waals surface area contributed by atoms with E-state index < -0.39 is 23.4 Å². The second kappa shape index (κ2) is 7.15. The van der Waals surface area contributed by atoms with Crippen molar-refractivity contribution in [1.29, 1.82) is 0 Å². The van der Waals surface area contributed by atoms with Crippen LogP contribution in [-0.2, 0) is 28.7 Å². The molecule has 0 unspecified atom stereocenters. The number of hydrogen-bond acceptors (Lipinski definition) is 6. The van der Waals surface area contributed by atoms with Crippen LogP contribution in [0.2, 0.25) is 0 Å². The van der Waals surface area contributed by atoms with Crippen molar-refractivity contribution in [2.45, 2.75) is 33.3 Å². The Hall–Kier alpha value is -2.25. The summed E-state index contributed by atoms with van der Waals surface area (Å²) < 4.78 is 4.37. The summed E-state index contributed by atoms with van der Waals surface area (Å²) >= 11 is 0. The third kappa shape index (κ3) is 6.36. The Kier molecular flexibility index (Phi) is 7.20. The van der Waals surface area contributed by atoms with Crippen molar-refractivity contribution in [3.05, 3.63) is 0 Å². The minimum atomic E-state index is -2.05. The van der Waals surface area contributed by atoms with Crippen molar-refractivity contribution in [3.63, 3.8) is 0 Å². The van der Waals surface area contributed by atoms with E-state index in [1.807, 2.05) is 0 Å². The number of carbonyl (C=O) groups is 5. The molecule has 0 aromatic heterocycles. The monoisotopic (exact) mass is 260 g/mol. The van der Waals surface area contributed by atoms with Crippen LogP contribution in [0.5, 0.6) is 0 Å². The third-order valence-corrected chi connectivity index (χ3v) is 1.78. The second-order valence-corrected chi connectivity index (χ2v) is 3.47. The molecule has 102 valence electrons. The molecule has 0 spiro atoms. The lowest BCUT2D eigenvalue weighted by Gasteiger charge is -2.21. The number of carbonyl (C=O) groups excluding carboxylic acids is 5. The van der Waals surface area contributed by atoms with E-state index in [0.29, 0.717) is 0 Å². The minimum absolute atomic E-state index is 0.380. The fourth-order valence-corrected chi connectivity index (χ4v) is 0.509. The summed E-state index contributed by atoms with van der Waals surface area (Å²) in [7, 11) is 0. The highest BCUT2D eigenvalue weighted by Crippen LogP contribution is 2.08. The molecule has 0 saturated heterocycles. The molecule has 0 aromatic carbocycles. The number of Topliss-reactive ketones (excluding diaryl/α,β-unsaturated/α-hetero) is 2. The third-order valence-electron chi connectivity index (χ3n) is 1.78. The molecule has 2 amide bonds. The Labute approximate surface area is 104 Å². The number of primary amides is 2. The molecule has 18 heavy (non-hydrogen) atoms. The van der Waals surface area contributed by atoms with Gasteiger partial charge in [0.15, 0.2) is 11.6 Å². The Morgan fingerprint density at radius 1 is 0.833 bits per heavy atom. The topological polar surface area (TPSA) is 147 Å². The fraction of sp³-hybridized carbons (Fsp3) is 0.500. The van der Waals surface area contributed by atoms with E-state index >= 15 is 0 Å². The second-order valence-electron chi connectivity index (χ2n) is 3.47. The average molecular weight is 260 g/mol. The maximum Gasteiger partial charge on any atom is 0.304 e. The van der Waals surface area contributed by atoms with Gasteiger partial charge in [-0.1, -0.05) is 0 Å². The van der Waals surface area contributed by atoms with Crippen LogP contribution in [0.15, 0.2) is 0 Å². The predicted molar refractivity (Wildman–Crippen MR) is 59.9 cm³/mol. The smallest absolute Gasteiger partial charge is 0.304 e. The molecule has 0 atom stereocenters. The lowest BCUT2D eigenvalue weighted by atomic mass is 10.1. The van der Waals surface area contributed by atoms with Crippen LogP contribution < -0.4 is 11.5 Å². The highest BCUT2D eigenvalue weighted by Gasteiger charge is 2.41. The van der Waals surface area contributed by atoms with E-state index in [1.54, 1.807) is 0 Å². The molecule has 0 saturated carbocycles. The van der Waals surface area contributed by atoms with E-state index in [9.17, 15) is 24.0 Å². The maximum atomic E-state index is 10.6. The van der Waals surface area contributed by atoms with Gasteiger partial charge in [0.1, 0.15) is 0 Å². The first-order valence-electron chi connectivity index (χ1n) is 4.76. The maximum absolute atomic E-state index is 10.6. The Morgan fingerprint density at radius 2 is 1.11 bits per heavy atom. The molecule has 0 aromatic rings. The number of ether oxygens (including phenoxy) is 1. The summed E-state index contributed by atoms with van der Waals surface area (Å²) in [6.45, 7) is 4.59. The van der Waals surface area contributed by atoms with Crippen molar-refractivity contribution >= 4 is 29.4 Å². The predicted octanol–water partition coefficient (Wildman–Crippen LogP) is -1.56. The molecular formula is C10H16N2O6. The summed E-state index contributed by atoms with van der Waals surface area (Å²) in [6.07, 6.45) is 0. The molecular weight excluding hydrogens is 244 g/mol. The largest absolute Gasteiger partial charge is 0.439 e. The van der Waals surface area contributed by atoms with E-state index in [-0.39, 0.29) is 11.6 Å². The normalized spacial score (nSPS) is 9.56. The van der Waals surface area contributed by atoms with E-state index in [1.165, 1.54) is 13.8 Å². The van der Waals surface area contributed by atoms with Gasteiger partial charge in [-0.05, 0) is 6.92 Å². The summed E-state index contributed by atoms with van der Waals surface area (Å²) in [4.78, 5) is 51.3. The zero-order valence-electron chi connectivity index (χ0n) is 10.6. The van der Waals surface area contributed by atoms with Gasteiger partial charge >= 0.3 is 5.97 Å². The molecule has 8 nitrogen and oxygen atoms in total. The quantitative estimate of drug-likeness (QED) is 0.355. The highest BCUT2D eigenvalue weighted by molar-refractivity contribution is 6.35. The Balaban J connectivity index is 0. The van der Waals surface area contributed by atoms with Crippen molar-refractivity contribution in [2.24, 2.45) is 11.5 Å². The van der Waals surface area contributed by atoms with Gasteiger partial charge in [0, 0.05) is 20.8 Å². The standard InChI is InChI=1S/C6H10N2O4.C4H6O2/c1-3(9)12-6(2,4(7)10)5(8)11;1-3(5)4(2)6/h1-2H3,(H2,7,10)(H2,8,11);1-2H3. The number of hydrogen-bond donors (Lipinski definition) is 2. The van der Waals surface area contributed by atoms with E-state index in [4.69, 9.17) is 11.5 Å². The van der Waals surface area contributed by atoms with Gasteiger partial charge in [-0.2, -0.15) is 0 Å². The number of rotatable bonds is 4. The van der Waals surface area contributed by atoms with E-state index in [2.05, 4.69) is 4.74 Å². The molecule has 0 fully saturated rings.